The zero-order valence-electron chi connectivity index (χ0n) is 12.5. The number of para-hydroxylation sites is 1. The van der Waals surface area contributed by atoms with Crippen molar-refractivity contribution in [1.29, 1.82) is 0 Å². The molecule has 7 nitrogen and oxygen atoms in total. The van der Waals surface area contributed by atoms with E-state index < -0.39 is 27.2 Å². The second kappa shape index (κ2) is 5.88. The van der Waals surface area contributed by atoms with E-state index in [2.05, 4.69) is 9.71 Å². The summed E-state index contributed by atoms with van der Waals surface area (Å²) in [6.45, 7) is 5.03. The Morgan fingerprint density at radius 1 is 1.27 bits per heavy atom. The first-order valence-corrected chi connectivity index (χ1v) is 8.31. The lowest BCUT2D eigenvalue weighted by Crippen LogP contribution is -2.51. The van der Waals surface area contributed by atoms with Gasteiger partial charge in [0.1, 0.15) is 0 Å². The number of amides is 3. The van der Waals surface area contributed by atoms with E-state index in [9.17, 15) is 18.0 Å². The molecule has 1 aliphatic rings. The topological polar surface area (TPSA) is 105 Å². The summed E-state index contributed by atoms with van der Waals surface area (Å²) in [7, 11) is -4.06. The van der Waals surface area contributed by atoms with Crippen molar-refractivity contribution in [2.45, 2.75) is 32.4 Å². The fourth-order valence-corrected chi connectivity index (χ4v) is 3.88. The predicted molar refractivity (Wildman–Crippen MR) is 83.5 cm³/mol. The Morgan fingerprint density at radius 3 is 2.55 bits per heavy atom. The zero-order chi connectivity index (χ0) is 16.5. The van der Waals surface area contributed by atoms with E-state index in [1.54, 1.807) is 13.0 Å². The van der Waals surface area contributed by atoms with Crippen molar-refractivity contribution >= 4 is 33.4 Å². The molecule has 3 amide bonds. The molecule has 1 aromatic rings. The largest absolute Gasteiger partial charge is 0.347 e. The van der Waals surface area contributed by atoms with Crippen LogP contribution in [0.4, 0.5) is 10.5 Å². The van der Waals surface area contributed by atoms with Gasteiger partial charge in [-0.1, -0.05) is 25.1 Å². The van der Waals surface area contributed by atoms with E-state index >= 15 is 0 Å². The molecule has 0 aromatic heterocycles. The van der Waals surface area contributed by atoms with Crippen LogP contribution in [0.2, 0.25) is 0 Å². The normalized spacial score (nSPS) is 18.7. The van der Waals surface area contributed by atoms with Crippen LogP contribution >= 0.6 is 0 Å². The number of nitrogens with one attached hydrogen (secondary N) is 2. The van der Waals surface area contributed by atoms with Gasteiger partial charge in [0.2, 0.25) is 10.0 Å². The smallest absolute Gasteiger partial charge is 0.282 e. The molecule has 0 bridgehead atoms. The maximum atomic E-state index is 12.5. The number of carbonyl (C=O) groups excluding carboxylic acids is 2. The Balaban J connectivity index is 2.43. The molecule has 1 heterocycles. The number of anilines is 1. The molecule has 1 unspecified atom stereocenters. The number of imide groups is 1. The molecule has 0 aliphatic carbocycles. The number of urea groups is 1. The number of nitrogens with zero attached hydrogens (tertiary/aromatic N) is 1. The zero-order valence-corrected chi connectivity index (χ0v) is 13.3. The van der Waals surface area contributed by atoms with Gasteiger partial charge >= 0.3 is 6.03 Å². The quantitative estimate of drug-likeness (QED) is 0.873. The van der Waals surface area contributed by atoms with E-state index in [-0.39, 0.29) is 5.71 Å². The third-order valence-corrected chi connectivity index (χ3v) is 5.08. The number of hydrogen-bond donors (Lipinski definition) is 2. The molecule has 8 heteroatoms. The van der Waals surface area contributed by atoms with E-state index in [0.29, 0.717) is 12.1 Å². The van der Waals surface area contributed by atoms with Crippen molar-refractivity contribution in [2.24, 2.45) is 4.99 Å². The average Bonchev–Trinajstić information content (AvgIpc) is 2.39. The Morgan fingerprint density at radius 2 is 1.95 bits per heavy atom. The lowest BCUT2D eigenvalue weighted by atomic mass is 10.1. The third-order valence-electron chi connectivity index (χ3n) is 3.42. The lowest BCUT2D eigenvalue weighted by Gasteiger charge is -2.22. The Kier molecular flexibility index (Phi) is 4.32. The molecule has 0 saturated carbocycles. The highest BCUT2D eigenvalue weighted by molar-refractivity contribution is 7.94. The summed E-state index contributed by atoms with van der Waals surface area (Å²) in [4.78, 5) is 26.5. The maximum Gasteiger partial charge on any atom is 0.347 e. The molecule has 0 spiro atoms. The summed E-state index contributed by atoms with van der Waals surface area (Å²) < 4.78 is 27.5. The predicted octanol–water partition coefficient (Wildman–Crippen LogP) is 1.38. The molecular weight excluding hydrogens is 306 g/mol. The highest BCUT2D eigenvalue weighted by atomic mass is 32.2. The second-order valence-electron chi connectivity index (χ2n) is 5.04. The molecule has 2 rings (SSSR count). The molecule has 0 fully saturated rings. The van der Waals surface area contributed by atoms with Crippen LogP contribution in [-0.2, 0) is 21.2 Å². The van der Waals surface area contributed by atoms with Gasteiger partial charge in [-0.2, -0.15) is 0 Å². The fourth-order valence-electron chi connectivity index (χ4n) is 2.34. The van der Waals surface area contributed by atoms with Crippen molar-refractivity contribution in [3.8, 4) is 0 Å². The number of hydrogen-bond acceptors (Lipinski definition) is 4. The van der Waals surface area contributed by atoms with Crippen molar-refractivity contribution < 1.29 is 18.0 Å². The molecule has 118 valence electrons. The van der Waals surface area contributed by atoms with Crippen LogP contribution in [0.1, 0.15) is 25.0 Å². The first-order valence-electron chi connectivity index (χ1n) is 6.76. The minimum atomic E-state index is -4.06. The van der Waals surface area contributed by atoms with Crippen molar-refractivity contribution in [1.82, 2.24) is 5.32 Å². The second-order valence-corrected chi connectivity index (χ2v) is 6.80. The number of aliphatic imine (C=N–C) groups is 1. The molecule has 1 atom stereocenters. The number of sulfonamides is 1. The van der Waals surface area contributed by atoms with Crippen LogP contribution in [0.3, 0.4) is 0 Å². The first kappa shape index (κ1) is 16.2. The van der Waals surface area contributed by atoms with Crippen LogP contribution in [0.15, 0.2) is 23.2 Å². The molecule has 1 aliphatic heterocycles. The van der Waals surface area contributed by atoms with E-state index in [4.69, 9.17) is 0 Å². The van der Waals surface area contributed by atoms with Crippen molar-refractivity contribution in [3.63, 3.8) is 0 Å². The highest BCUT2D eigenvalue weighted by Gasteiger charge is 2.39. The number of rotatable bonds is 4. The Hall–Kier alpha value is -2.22. The van der Waals surface area contributed by atoms with Crippen LogP contribution < -0.4 is 10.0 Å². The molecule has 1 aromatic carbocycles. The number of aryl methyl sites for hydroxylation is 2. The van der Waals surface area contributed by atoms with Gasteiger partial charge in [-0.05, 0) is 31.4 Å². The lowest BCUT2D eigenvalue weighted by molar-refractivity contribution is -0.118. The maximum absolute atomic E-state index is 12.5. The van der Waals surface area contributed by atoms with Crippen LogP contribution in [0, 0.1) is 6.92 Å². The summed E-state index contributed by atoms with van der Waals surface area (Å²) in [5, 5.41) is 0.391. The first-order chi connectivity index (χ1) is 10.3. The van der Waals surface area contributed by atoms with Crippen LogP contribution in [-0.4, -0.2) is 31.3 Å². The fraction of sp³-hybridized carbons (Fsp3) is 0.357. The molecule has 0 saturated heterocycles. The third kappa shape index (κ3) is 3.01. The SMILES string of the molecule is CCc1cccc(C)c1NS(=O)(=O)C1C(=O)NC(=O)N=C1C. The van der Waals surface area contributed by atoms with Gasteiger partial charge in [-0.15, -0.1) is 0 Å². The number of benzene rings is 1. The summed E-state index contributed by atoms with van der Waals surface area (Å²) >= 11 is 0. The van der Waals surface area contributed by atoms with Gasteiger partial charge in [0.05, 0.1) is 11.4 Å². The van der Waals surface area contributed by atoms with Gasteiger partial charge in [-0.25, -0.2) is 18.2 Å². The van der Waals surface area contributed by atoms with Gasteiger partial charge in [0.15, 0.2) is 5.25 Å². The molecular formula is C14H17N3O4S. The van der Waals surface area contributed by atoms with Gasteiger partial charge in [0.25, 0.3) is 5.91 Å². The summed E-state index contributed by atoms with van der Waals surface area (Å²) in [5.74, 6) is -0.892. The van der Waals surface area contributed by atoms with E-state index in [1.807, 2.05) is 24.4 Å². The average molecular weight is 323 g/mol. The van der Waals surface area contributed by atoms with Crippen LogP contribution in [0.5, 0.6) is 0 Å². The molecule has 0 radical (unpaired) electrons. The van der Waals surface area contributed by atoms with Crippen molar-refractivity contribution in [3.05, 3.63) is 29.3 Å². The molecule has 22 heavy (non-hydrogen) atoms. The highest BCUT2D eigenvalue weighted by Crippen LogP contribution is 2.24. The summed E-state index contributed by atoms with van der Waals surface area (Å²) in [6, 6.07) is 4.59. The van der Waals surface area contributed by atoms with Crippen molar-refractivity contribution in [2.75, 3.05) is 4.72 Å². The monoisotopic (exact) mass is 323 g/mol. The molecule has 2 N–H and O–H groups in total. The van der Waals surface area contributed by atoms with E-state index in [0.717, 1.165) is 11.1 Å². The van der Waals surface area contributed by atoms with Gasteiger partial charge in [0, 0.05) is 0 Å². The van der Waals surface area contributed by atoms with E-state index in [1.165, 1.54) is 6.92 Å². The number of carbonyl (C=O) groups is 2. The Bertz CT molecular complexity index is 768. The standard InChI is InChI=1S/C14H17N3O4S/c1-4-10-7-5-6-8(2)11(10)17-22(20,21)12-9(3)15-14(19)16-13(12)18/h5-7,12,17H,4H2,1-3H3,(H,16,18,19). The van der Waals surface area contributed by atoms with Crippen LogP contribution in [0.25, 0.3) is 0 Å². The van der Waals surface area contributed by atoms with Gasteiger partial charge < -0.3 is 0 Å². The van der Waals surface area contributed by atoms with Gasteiger partial charge in [-0.3, -0.25) is 14.8 Å². The summed E-state index contributed by atoms with van der Waals surface area (Å²) in [5.41, 5.74) is 1.99. The minimum absolute atomic E-state index is 0.0483. The minimum Gasteiger partial charge on any atom is -0.282 e. The Labute approximate surface area is 128 Å². The summed E-state index contributed by atoms with van der Waals surface area (Å²) in [6.07, 6.45) is 0.641.